The Bertz CT molecular complexity index is 31.8. The van der Waals surface area contributed by atoms with Gasteiger partial charge in [-0.1, -0.05) is 0 Å². The lowest BCUT2D eigenvalue weighted by atomic mass is 13.1. The SMILES string of the molecule is O=[N+]([O-])[O-].S.[N+]. The van der Waals surface area contributed by atoms with Gasteiger partial charge in [0.1, 0.15) is 0 Å². The smallest absolute Gasteiger partial charge is 0.356 e. The lowest BCUT2D eigenvalue weighted by Gasteiger charge is -1.74. The second-order valence-corrected chi connectivity index (χ2v) is 0.224. The molecule has 0 aliphatic heterocycles. The van der Waals surface area contributed by atoms with Crippen LogP contribution in [0.5, 0.6) is 0 Å². The Morgan fingerprint density at radius 1 is 1.33 bits per heavy atom. The molecule has 0 rings (SSSR count). The van der Waals surface area contributed by atoms with Gasteiger partial charge in [0.25, 0.3) is 0 Å². The fourth-order valence-corrected chi connectivity index (χ4v) is 0. The van der Waals surface area contributed by atoms with E-state index in [0.29, 0.717) is 0 Å². The van der Waals surface area contributed by atoms with Gasteiger partial charge < -0.3 is 15.3 Å². The maximum atomic E-state index is 8.25. The number of nitrogens with zero attached hydrogens (tertiary/aromatic N) is 2. The van der Waals surface area contributed by atoms with E-state index in [1.165, 1.54) is 0 Å². The minimum absolute atomic E-state index is 0. The Morgan fingerprint density at radius 2 is 1.33 bits per heavy atom. The van der Waals surface area contributed by atoms with Crippen molar-refractivity contribution in [2.75, 3.05) is 0 Å². The Labute approximate surface area is 41.1 Å². The van der Waals surface area contributed by atoms with E-state index in [0.717, 1.165) is 0 Å². The fraction of sp³-hybridized carbons (Fsp3) is 0. The zero-order valence-electron chi connectivity index (χ0n) is 2.62. The van der Waals surface area contributed by atoms with Crippen LogP contribution in [0.2, 0.25) is 0 Å². The van der Waals surface area contributed by atoms with Crippen molar-refractivity contribution in [1.82, 2.24) is 6.15 Å². The van der Waals surface area contributed by atoms with Gasteiger partial charge >= 0.3 is 6.15 Å². The molecule has 36 valence electrons. The van der Waals surface area contributed by atoms with Crippen LogP contribution < -0.4 is 6.15 Å². The number of hydrogen-bond donors (Lipinski definition) is 0. The van der Waals surface area contributed by atoms with Crippen molar-refractivity contribution >= 4 is 13.5 Å². The van der Waals surface area contributed by atoms with E-state index in [4.69, 9.17) is 15.3 Å². The largest absolute Gasteiger partial charge is 1.00 e. The van der Waals surface area contributed by atoms with Gasteiger partial charge in [-0.15, -0.1) is 0 Å². The van der Waals surface area contributed by atoms with E-state index in [9.17, 15) is 0 Å². The predicted octanol–water partition coefficient (Wildman–Crippen LogP) is -0.607. The van der Waals surface area contributed by atoms with Crippen LogP contribution in [0.25, 0.3) is 0 Å². The van der Waals surface area contributed by atoms with Crippen LogP contribution >= 0.6 is 13.5 Å². The fourth-order valence-electron chi connectivity index (χ4n) is 0. The van der Waals surface area contributed by atoms with Gasteiger partial charge in [0.2, 0.25) is 0 Å². The van der Waals surface area contributed by atoms with E-state index in [1.54, 1.807) is 0 Å². The van der Waals surface area contributed by atoms with Crippen LogP contribution in [0.4, 0.5) is 0 Å². The molecular weight excluding hydrogens is 108 g/mol. The zero-order chi connectivity index (χ0) is 3.58. The third-order valence-electron chi connectivity index (χ3n) is 0. The average molecular weight is 110 g/mol. The van der Waals surface area contributed by atoms with Gasteiger partial charge in [-0.3, -0.25) is 0 Å². The Kier molecular flexibility index (Phi) is 26.1. The standard InChI is InChI=1S/NO3.N.H2S/c2-1(3)4;;/h;;1H2/q-1;+1;. The summed E-state index contributed by atoms with van der Waals surface area (Å²) in [5.41, 5.74) is 0. The molecule has 0 amide bonds. The number of rotatable bonds is 0. The summed E-state index contributed by atoms with van der Waals surface area (Å²) in [5, 5.41) is 14.8. The second kappa shape index (κ2) is 8.82. The van der Waals surface area contributed by atoms with Gasteiger partial charge in [-0.05, 0) is 0 Å². The maximum Gasteiger partial charge on any atom is 1.00 e. The molecule has 0 saturated carbocycles. The van der Waals surface area contributed by atoms with E-state index >= 15 is 0 Å². The molecule has 0 unspecified atom stereocenters. The minimum atomic E-state index is -1.75. The summed E-state index contributed by atoms with van der Waals surface area (Å²) in [6.45, 7) is 0. The van der Waals surface area contributed by atoms with Crippen LogP contribution in [0, 0.1) is 15.3 Å². The lowest BCUT2D eigenvalue weighted by molar-refractivity contribution is -0.402. The Balaban J connectivity index is -0.0000000450. The molecule has 0 atom stereocenters. The monoisotopic (exact) mass is 110 g/mol. The van der Waals surface area contributed by atoms with Crippen molar-refractivity contribution in [3.63, 3.8) is 0 Å². The van der Waals surface area contributed by atoms with Crippen molar-refractivity contribution in [1.29, 1.82) is 0 Å². The van der Waals surface area contributed by atoms with E-state index in [1.807, 2.05) is 0 Å². The molecule has 0 fully saturated rings. The van der Waals surface area contributed by atoms with Crippen molar-refractivity contribution in [2.45, 2.75) is 0 Å². The summed E-state index contributed by atoms with van der Waals surface area (Å²) < 4.78 is 0. The molecule has 0 bridgehead atoms. The highest BCUT2D eigenvalue weighted by atomic mass is 32.1. The summed E-state index contributed by atoms with van der Waals surface area (Å²) in [4.78, 5) is 8.25. The van der Waals surface area contributed by atoms with Crippen LogP contribution in [-0.2, 0) is 0 Å². The first-order chi connectivity index (χ1) is 1.73. The molecule has 0 aromatic carbocycles. The molecule has 6 heteroatoms. The molecule has 0 N–H and O–H groups in total. The highest BCUT2D eigenvalue weighted by molar-refractivity contribution is 7.59. The van der Waals surface area contributed by atoms with Gasteiger partial charge in [-0.2, -0.15) is 13.5 Å². The van der Waals surface area contributed by atoms with Gasteiger partial charge in [-0.25, -0.2) is 0 Å². The zero-order valence-corrected chi connectivity index (χ0v) is 3.62. The van der Waals surface area contributed by atoms with Crippen molar-refractivity contribution in [2.24, 2.45) is 0 Å². The van der Waals surface area contributed by atoms with Crippen LogP contribution in [0.3, 0.4) is 0 Å². The summed E-state index contributed by atoms with van der Waals surface area (Å²) in [6.07, 6.45) is 0. The molecular formula is H2N2O3S. The van der Waals surface area contributed by atoms with Gasteiger partial charge in [0, 0.05) is 0 Å². The molecule has 6 heavy (non-hydrogen) atoms. The van der Waals surface area contributed by atoms with Crippen molar-refractivity contribution < 1.29 is 5.09 Å². The molecule has 0 spiro atoms. The topological polar surface area (TPSA) is 96.7 Å². The molecule has 0 heterocycles. The van der Waals surface area contributed by atoms with Gasteiger partial charge in [0.15, 0.2) is 0 Å². The molecule has 0 aromatic rings. The van der Waals surface area contributed by atoms with E-state index in [2.05, 4.69) is 0 Å². The highest BCUT2D eigenvalue weighted by Gasteiger charge is 1.45. The second-order valence-electron chi connectivity index (χ2n) is 0.224. The number of hydrogen-bond acceptors (Lipinski definition) is 3. The molecule has 0 aromatic heterocycles. The minimum Gasteiger partial charge on any atom is -0.356 e. The normalized spacial score (nSPS) is 4.00. The average Bonchev–Trinajstić information content (AvgIpc) is 0.811. The summed E-state index contributed by atoms with van der Waals surface area (Å²) in [7, 11) is 0. The van der Waals surface area contributed by atoms with Crippen molar-refractivity contribution in [3.8, 4) is 0 Å². The first kappa shape index (κ1) is 17.8. The third-order valence-corrected chi connectivity index (χ3v) is 0. The first-order valence-electron chi connectivity index (χ1n) is 0.548. The van der Waals surface area contributed by atoms with Gasteiger partial charge in [0.05, 0.1) is 5.09 Å². The molecule has 4 radical (unpaired) electrons. The summed E-state index contributed by atoms with van der Waals surface area (Å²) >= 11 is 0. The van der Waals surface area contributed by atoms with Crippen molar-refractivity contribution in [3.05, 3.63) is 15.3 Å². The van der Waals surface area contributed by atoms with Crippen LogP contribution in [0.15, 0.2) is 0 Å². The molecule has 0 aliphatic carbocycles. The Morgan fingerprint density at radius 3 is 1.33 bits per heavy atom. The van der Waals surface area contributed by atoms with Crippen LogP contribution in [-0.4, -0.2) is 5.09 Å². The van der Waals surface area contributed by atoms with Crippen LogP contribution in [0.1, 0.15) is 0 Å². The van der Waals surface area contributed by atoms with E-state index < -0.39 is 5.09 Å². The third kappa shape index (κ3) is 92.1. The molecule has 0 aliphatic rings. The summed E-state index contributed by atoms with van der Waals surface area (Å²) in [5.74, 6) is 0. The lowest BCUT2D eigenvalue weighted by Crippen LogP contribution is -1.74. The Hall–Kier alpha value is -0.490. The first-order valence-corrected chi connectivity index (χ1v) is 0.548. The molecule has 5 nitrogen and oxygen atoms in total. The predicted molar refractivity (Wildman–Crippen MR) is 22.9 cm³/mol. The van der Waals surface area contributed by atoms with E-state index in [-0.39, 0.29) is 19.6 Å². The maximum absolute atomic E-state index is 8.25. The molecule has 0 saturated heterocycles. The quantitative estimate of drug-likeness (QED) is 0.307. The highest BCUT2D eigenvalue weighted by Crippen LogP contribution is 1.44. The summed E-state index contributed by atoms with van der Waals surface area (Å²) in [6, 6.07) is 0.